The Kier molecular flexibility index (Phi) is 6.36. The van der Waals surface area contributed by atoms with E-state index in [0.29, 0.717) is 18.4 Å². The van der Waals surface area contributed by atoms with Crippen molar-refractivity contribution in [2.45, 2.75) is 70.3 Å². The molecule has 3 aliphatic rings. The van der Waals surface area contributed by atoms with E-state index in [4.69, 9.17) is 5.73 Å². The fourth-order valence-corrected chi connectivity index (χ4v) is 5.30. The summed E-state index contributed by atoms with van der Waals surface area (Å²) in [5.41, 5.74) is 5.48. The molecule has 122 valence electrons. The van der Waals surface area contributed by atoms with Gasteiger partial charge in [-0.3, -0.25) is 4.79 Å². The lowest BCUT2D eigenvalue weighted by molar-refractivity contribution is -0.122. The summed E-state index contributed by atoms with van der Waals surface area (Å²) in [4.78, 5) is 12.1. The summed E-state index contributed by atoms with van der Waals surface area (Å²) in [5.74, 6) is 4.01. The molecule has 3 saturated carbocycles. The van der Waals surface area contributed by atoms with E-state index < -0.39 is 0 Å². The number of carbonyl (C=O) groups is 1. The smallest absolute Gasteiger partial charge is 0.220 e. The van der Waals surface area contributed by atoms with E-state index in [9.17, 15) is 4.79 Å². The highest BCUT2D eigenvalue weighted by molar-refractivity contribution is 5.85. The monoisotopic (exact) mass is 314 g/mol. The maximum absolute atomic E-state index is 12.1. The number of unbranched alkanes of at least 4 members (excludes halogenated alkanes) is 3. The van der Waals surface area contributed by atoms with Gasteiger partial charge in [0.1, 0.15) is 0 Å². The number of nitrogens with two attached hydrogens (primary N) is 1. The van der Waals surface area contributed by atoms with Crippen LogP contribution in [0.5, 0.6) is 0 Å². The minimum absolute atomic E-state index is 0. The largest absolute Gasteiger partial charge is 0.353 e. The molecule has 3 nitrogen and oxygen atoms in total. The van der Waals surface area contributed by atoms with Crippen LogP contribution < -0.4 is 11.1 Å². The Morgan fingerprint density at radius 2 is 1.76 bits per heavy atom. The van der Waals surface area contributed by atoms with Gasteiger partial charge in [-0.25, -0.2) is 0 Å². The summed E-state index contributed by atoms with van der Waals surface area (Å²) in [7, 11) is 0. The zero-order valence-electron chi connectivity index (χ0n) is 13.1. The van der Waals surface area contributed by atoms with Crippen LogP contribution in [0.25, 0.3) is 0 Å². The van der Waals surface area contributed by atoms with Gasteiger partial charge in [-0.1, -0.05) is 19.3 Å². The van der Waals surface area contributed by atoms with Gasteiger partial charge in [0.2, 0.25) is 5.91 Å². The quantitative estimate of drug-likeness (QED) is 0.709. The summed E-state index contributed by atoms with van der Waals surface area (Å²) in [6.45, 7) is 0.778. The topological polar surface area (TPSA) is 55.1 Å². The summed E-state index contributed by atoms with van der Waals surface area (Å²) in [5, 5.41) is 3.35. The third-order valence-corrected chi connectivity index (χ3v) is 6.13. The lowest BCUT2D eigenvalue weighted by atomic mass is 9.79. The lowest BCUT2D eigenvalue weighted by Gasteiger charge is -2.32. The van der Waals surface area contributed by atoms with Gasteiger partial charge in [-0.05, 0) is 68.7 Å². The van der Waals surface area contributed by atoms with Crippen LogP contribution in [0.3, 0.4) is 0 Å². The van der Waals surface area contributed by atoms with Gasteiger partial charge < -0.3 is 11.1 Å². The zero-order valence-corrected chi connectivity index (χ0v) is 13.9. The normalized spacial score (nSPS) is 36.3. The molecule has 0 aromatic carbocycles. The summed E-state index contributed by atoms with van der Waals surface area (Å²) >= 11 is 0. The summed E-state index contributed by atoms with van der Waals surface area (Å²) in [6.07, 6.45) is 12.1. The fourth-order valence-electron chi connectivity index (χ4n) is 5.30. The average Bonchev–Trinajstić information content (AvgIpc) is 3.10. The minimum Gasteiger partial charge on any atom is -0.353 e. The molecule has 0 aromatic rings. The van der Waals surface area contributed by atoms with E-state index in [1.807, 2.05) is 0 Å². The first kappa shape index (κ1) is 17.1. The van der Waals surface area contributed by atoms with E-state index >= 15 is 0 Å². The first-order valence-electron chi connectivity index (χ1n) is 8.79. The van der Waals surface area contributed by atoms with Crippen LogP contribution in [0.1, 0.15) is 64.2 Å². The molecule has 2 bridgehead atoms. The molecule has 3 aliphatic carbocycles. The predicted molar refractivity (Wildman–Crippen MR) is 88.4 cm³/mol. The summed E-state index contributed by atoms with van der Waals surface area (Å²) < 4.78 is 0. The Bertz CT molecular complexity index is 350. The van der Waals surface area contributed by atoms with Crippen LogP contribution in [0.4, 0.5) is 0 Å². The first-order valence-corrected chi connectivity index (χ1v) is 8.79. The number of halogens is 1. The molecule has 0 spiro atoms. The Morgan fingerprint density at radius 1 is 1.00 bits per heavy atom. The van der Waals surface area contributed by atoms with Crippen molar-refractivity contribution in [3.05, 3.63) is 0 Å². The second-order valence-corrected chi connectivity index (χ2v) is 7.28. The van der Waals surface area contributed by atoms with Gasteiger partial charge >= 0.3 is 0 Å². The number of rotatable bonds is 7. The Balaban J connectivity index is 0.00000161. The van der Waals surface area contributed by atoms with Gasteiger partial charge in [0.25, 0.3) is 0 Å². The zero-order chi connectivity index (χ0) is 13.9. The van der Waals surface area contributed by atoms with Gasteiger partial charge in [0.05, 0.1) is 0 Å². The Labute approximate surface area is 135 Å². The highest BCUT2D eigenvalue weighted by atomic mass is 35.5. The number of hydrogen-bond acceptors (Lipinski definition) is 2. The molecule has 4 heteroatoms. The molecule has 21 heavy (non-hydrogen) atoms. The number of fused-ring (bicyclic) bond motifs is 5. The van der Waals surface area contributed by atoms with Crippen molar-refractivity contribution < 1.29 is 4.79 Å². The van der Waals surface area contributed by atoms with Crippen molar-refractivity contribution in [2.24, 2.45) is 29.4 Å². The second kappa shape index (κ2) is 7.82. The van der Waals surface area contributed by atoms with Crippen LogP contribution in [0, 0.1) is 23.7 Å². The number of nitrogens with one attached hydrogen (secondary N) is 1. The number of hydrogen-bond donors (Lipinski definition) is 2. The van der Waals surface area contributed by atoms with Crippen LogP contribution in [-0.2, 0) is 4.79 Å². The van der Waals surface area contributed by atoms with Crippen molar-refractivity contribution >= 4 is 18.3 Å². The molecule has 3 N–H and O–H groups in total. The lowest BCUT2D eigenvalue weighted by Crippen LogP contribution is -2.42. The molecule has 3 rings (SSSR count). The van der Waals surface area contributed by atoms with Crippen LogP contribution in [0.15, 0.2) is 0 Å². The molecule has 3 fully saturated rings. The molecule has 0 heterocycles. The molecule has 1 amide bonds. The van der Waals surface area contributed by atoms with E-state index in [2.05, 4.69) is 5.32 Å². The molecule has 5 unspecified atom stereocenters. The third-order valence-electron chi connectivity index (χ3n) is 6.13. The fraction of sp³-hybridized carbons (Fsp3) is 0.941. The third kappa shape index (κ3) is 3.73. The summed E-state index contributed by atoms with van der Waals surface area (Å²) in [6, 6.07) is 0.510. The first-order chi connectivity index (χ1) is 9.79. The molecule has 0 saturated heterocycles. The number of amides is 1. The molecule has 0 aliphatic heterocycles. The van der Waals surface area contributed by atoms with Crippen molar-refractivity contribution in [3.8, 4) is 0 Å². The molecule has 0 aromatic heterocycles. The van der Waals surface area contributed by atoms with Gasteiger partial charge in [0.15, 0.2) is 0 Å². The van der Waals surface area contributed by atoms with E-state index in [1.54, 1.807) is 0 Å². The van der Waals surface area contributed by atoms with Crippen LogP contribution in [0.2, 0.25) is 0 Å². The van der Waals surface area contributed by atoms with Crippen molar-refractivity contribution in [2.75, 3.05) is 6.54 Å². The predicted octanol–water partition coefficient (Wildman–Crippen LogP) is 3.26. The Morgan fingerprint density at radius 3 is 2.57 bits per heavy atom. The standard InChI is InChI=1S/C17H30N2O.ClH/c18-9-4-2-1-3-8-17(20)19-16-11-12-10-15(16)14-7-5-6-13(12)14;/h12-16H,1-11,18H2,(H,19,20);1H. The van der Waals surface area contributed by atoms with Gasteiger partial charge in [-0.15, -0.1) is 12.4 Å². The molecule has 0 radical (unpaired) electrons. The van der Waals surface area contributed by atoms with Gasteiger partial charge in [0, 0.05) is 12.5 Å². The number of carbonyl (C=O) groups excluding carboxylic acids is 1. The molecular formula is C17H31ClN2O. The average molecular weight is 315 g/mol. The minimum atomic E-state index is 0. The van der Waals surface area contributed by atoms with Crippen LogP contribution in [-0.4, -0.2) is 18.5 Å². The molecular weight excluding hydrogens is 284 g/mol. The highest BCUT2D eigenvalue weighted by Gasteiger charge is 2.53. The van der Waals surface area contributed by atoms with Gasteiger partial charge in [-0.2, -0.15) is 0 Å². The maximum atomic E-state index is 12.1. The maximum Gasteiger partial charge on any atom is 0.220 e. The van der Waals surface area contributed by atoms with E-state index in [0.717, 1.165) is 49.5 Å². The second-order valence-electron chi connectivity index (χ2n) is 7.28. The highest BCUT2D eigenvalue weighted by Crippen LogP contribution is 2.58. The van der Waals surface area contributed by atoms with Crippen LogP contribution >= 0.6 is 12.4 Å². The van der Waals surface area contributed by atoms with Crippen molar-refractivity contribution in [3.63, 3.8) is 0 Å². The molecule has 5 atom stereocenters. The van der Waals surface area contributed by atoms with Crippen molar-refractivity contribution in [1.82, 2.24) is 5.32 Å². The van der Waals surface area contributed by atoms with E-state index in [-0.39, 0.29) is 12.4 Å². The Hall–Kier alpha value is -0.280. The van der Waals surface area contributed by atoms with E-state index in [1.165, 1.54) is 38.5 Å². The van der Waals surface area contributed by atoms with Crippen molar-refractivity contribution in [1.29, 1.82) is 0 Å². The SMILES string of the molecule is Cl.NCCCCCCC(=O)NC1CC2CC1C1CCCC21.